The Hall–Kier alpha value is -4.37. The fourth-order valence-electron chi connectivity index (χ4n) is 4.76. The Morgan fingerprint density at radius 3 is 2.37 bits per heavy atom. The predicted octanol–water partition coefficient (Wildman–Crippen LogP) is 1.97. The van der Waals surface area contributed by atoms with Gasteiger partial charge in [0.25, 0.3) is 5.91 Å². The molecule has 43 heavy (non-hydrogen) atoms. The van der Waals surface area contributed by atoms with Crippen molar-refractivity contribution >= 4 is 40.7 Å². The van der Waals surface area contributed by atoms with Crippen molar-refractivity contribution in [1.82, 2.24) is 15.5 Å². The average Bonchev–Trinajstić information content (AvgIpc) is 3.76. The van der Waals surface area contributed by atoms with Crippen LogP contribution in [0.3, 0.4) is 0 Å². The van der Waals surface area contributed by atoms with E-state index >= 15 is 0 Å². The van der Waals surface area contributed by atoms with E-state index in [4.69, 9.17) is 19.9 Å². The normalized spacial score (nSPS) is 17.1. The van der Waals surface area contributed by atoms with Crippen LogP contribution in [0.5, 0.6) is 11.5 Å². The summed E-state index contributed by atoms with van der Waals surface area (Å²) in [6.45, 7) is 0.443. The number of hydrogen-bond acceptors (Lipinski definition) is 9. The van der Waals surface area contributed by atoms with Gasteiger partial charge in [0.05, 0.1) is 45.1 Å². The van der Waals surface area contributed by atoms with Crippen molar-refractivity contribution in [2.45, 2.75) is 24.8 Å². The first kappa shape index (κ1) is 30.1. The third kappa shape index (κ3) is 7.53. The van der Waals surface area contributed by atoms with Gasteiger partial charge in [-0.2, -0.15) is 0 Å². The van der Waals surface area contributed by atoms with E-state index in [1.807, 2.05) is 0 Å². The van der Waals surface area contributed by atoms with E-state index < -0.39 is 29.6 Å². The van der Waals surface area contributed by atoms with Gasteiger partial charge in [-0.3, -0.25) is 19.2 Å². The fourth-order valence-corrected chi connectivity index (χ4v) is 5.51. The largest absolute Gasteiger partial charge is 0.457 e. The number of hydrogen-bond donors (Lipinski definition) is 4. The first-order chi connectivity index (χ1) is 20.7. The summed E-state index contributed by atoms with van der Waals surface area (Å²) >= 11 is 1.35. The van der Waals surface area contributed by atoms with Gasteiger partial charge in [-0.15, -0.1) is 11.3 Å². The zero-order chi connectivity index (χ0) is 30.4. The second kappa shape index (κ2) is 13.3. The summed E-state index contributed by atoms with van der Waals surface area (Å²) in [5.74, 6) is -2.24. The average molecular weight is 612 g/mol. The van der Waals surface area contributed by atoms with E-state index in [9.17, 15) is 23.6 Å². The Balaban J connectivity index is 1.16. The number of amides is 4. The number of anilines is 1. The molecule has 4 amide bonds. The Morgan fingerprint density at radius 1 is 1.02 bits per heavy atom. The number of carbonyl (C=O) groups is 4. The number of likely N-dealkylation sites (tertiary alicyclic amines) is 1. The van der Waals surface area contributed by atoms with E-state index in [1.165, 1.54) is 52.6 Å². The minimum atomic E-state index is -1.08. The van der Waals surface area contributed by atoms with Gasteiger partial charge in [0.1, 0.15) is 23.4 Å². The number of benzene rings is 2. The second-order valence-electron chi connectivity index (χ2n) is 9.88. The lowest BCUT2D eigenvalue weighted by Crippen LogP contribution is -2.49. The lowest BCUT2D eigenvalue weighted by molar-refractivity contribution is -0.152. The van der Waals surface area contributed by atoms with Crippen LogP contribution in [0.1, 0.15) is 21.7 Å². The minimum absolute atomic E-state index is 0.0451. The number of halogens is 1. The van der Waals surface area contributed by atoms with Gasteiger partial charge < -0.3 is 40.8 Å². The molecule has 3 heterocycles. The maximum Gasteiger partial charge on any atom is 0.251 e. The summed E-state index contributed by atoms with van der Waals surface area (Å²) in [6.07, 6.45) is 0.149. The Morgan fingerprint density at radius 2 is 1.70 bits per heavy atom. The van der Waals surface area contributed by atoms with Crippen molar-refractivity contribution < 1.29 is 37.8 Å². The molecular weight excluding hydrogens is 581 g/mol. The zero-order valence-corrected chi connectivity index (χ0v) is 23.8. The van der Waals surface area contributed by atoms with Crippen LogP contribution in [0, 0.1) is 5.82 Å². The first-order valence-corrected chi connectivity index (χ1v) is 14.4. The molecule has 14 heteroatoms. The summed E-state index contributed by atoms with van der Waals surface area (Å²) in [4.78, 5) is 52.9. The predicted molar refractivity (Wildman–Crippen MR) is 154 cm³/mol. The van der Waals surface area contributed by atoms with Gasteiger partial charge in [0.15, 0.2) is 5.79 Å². The number of nitrogens with one attached hydrogen (secondary N) is 3. The lowest BCUT2D eigenvalue weighted by atomic mass is 10.1. The van der Waals surface area contributed by atoms with Crippen molar-refractivity contribution in [3.8, 4) is 11.5 Å². The molecule has 0 bridgehead atoms. The van der Waals surface area contributed by atoms with Crippen LogP contribution in [0.15, 0.2) is 60.0 Å². The molecule has 2 aromatic carbocycles. The molecular formula is C29H30FN5O7S. The third-order valence-electron chi connectivity index (χ3n) is 6.85. The van der Waals surface area contributed by atoms with Crippen molar-refractivity contribution in [2.24, 2.45) is 5.73 Å². The number of nitrogens with two attached hydrogens (primary N) is 1. The number of ether oxygens (including phenoxy) is 3. The Labute approximate surface area is 250 Å². The highest BCUT2D eigenvalue weighted by Crippen LogP contribution is 2.35. The molecule has 3 aromatic rings. The van der Waals surface area contributed by atoms with Gasteiger partial charge in [-0.1, -0.05) is 0 Å². The molecule has 0 saturated carbocycles. The second-order valence-corrected chi connectivity index (χ2v) is 10.9. The smallest absolute Gasteiger partial charge is 0.251 e. The molecule has 1 atom stereocenters. The van der Waals surface area contributed by atoms with Crippen molar-refractivity contribution in [1.29, 1.82) is 0 Å². The van der Waals surface area contributed by atoms with E-state index in [-0.39, 0.29) is 44.3 Å². The number of thiophene rings is 1. The molecule has 2 aliphatic rings. The molecule has 226 valence electrons. The fraction of sp³-hybridized carbons (Fsp3) is 0.310. The SMILES string of the molecule is NCC(=O)Nc1csc(CNC(=O)[C@@H]2CC3(CN2C(=O)CNC(=O)c2ccc(Oc4ccc(F)cc4)cc2)OCCO3)c1. The minimum Gasteiger partial charge on any atom is -0.457 e. The number of nitrogens with zero attached hydrogens (tertiary/aromatic N) is 1. The standard InChI is InChI=1S/C29H30FN5O7S/c30-19-3-7-22(8-4-19)42-21-5-1-18(2-6-21)27(38)33-15-26(37)35-17-29(40-9-10-41-29)12-24(35)28(39)32-14-23-11-20(16-43-23)34-25(36)13-31/h1-8,11,16,24H,9-10,12-15,17,31H2,(H,32,39)(H,33,38)(H,34,36)/t24-/m0/s1. The van der Waals surface area contributed by atoms with Gasteiger partial charge in [-0.05, 0) is 54.6 Å². The molecule has 2 aliphatic heterocycles. The summed E-state index contributed by atoms with van der Waals surface area (Å²) < 4.78 is 30.3. The Bertz CT molecular complexity index is 1480. The van der Waals surface area contributed by atoms with E-state index in [0.29, 0.717) is 36.0 Å². The highest BCUT2D eigenvalue weighted by Gasteiger charge is 2.52. The van der Waals surface area contributed by atoms with Crippen molar-refractivity contribution in [2.75, 3.05) is 38.2 Å². The monoisotopic (exact) mass is 611 g/mol. The van der Waals surface area contributed by atoms with Crippen LogP contribution >= 0.6 is 11.3 Å². The van der Waals surface area contributed by atoms with Crippen molar-refractivity contribution in [3.63, 3.8) is 0 Å². The quantitative estimate of drug-likeness (QED) is 0.271. The summed E-state index contributed by atoms with van der Waals surface area (Å²) in [5.41, 5.74) is 6.21. The summed E-state index contributed by atoms with van der Waals surface area (Å²) in [7, 11) is 0. The topological polar surface area (TPSA) is 161 Å². The highest BCUT2D eigenvalue weighted by molar-refractivity contribution is 7.10. The maximum absolute atomic E-state index is 13.3. The molecule has 1 aromatic heterocycles. The molecule has 5 N–H and O–H groups in total. The molecule has 0 unspecified atom stereocenters. The molecule has 12 nitrogen and oxygen atoms in total. The number of rotatable bonds is 10. The van der Waals surface area contributed by atoms with Gasteiger partial charge in [0.2, 0.25) is 17.7 Å². The van der Waals surface area contributed by atoms with Gasteiger partial charge >= 0.3 is 0 Å². The number of carbonyl (C=O) groups excluding carboxylic acids is 4. The first-order valence-electron chi connectivity index (χ1n) is 13.5. The highest BCUT2D eigenvalue weighted by atomic mass is 32.1. The molecule has 2 saturated heterocycles. The van der Waals surface area contributed by atoms with Crippen LogP contribution in [0.4, 0.5) is 10.1 Å². The van der Waals surface area contributed by atoms with Crippen molar-refractivity contribution in [3.05, 3.63) is 76.2 Å². The molecule has 0 aliphatic carbocycles. The molecule has 2 fully saturated rings. The van der Waals surface area contributed by atoms with Gasteiger partial charge in [-0.25, -0.2) is 4.39 Å². The maximum atomic E-state index is 13.3. The summed E-state index contributed by atoms with van der Waals surface area (Å²) in [6, 6.07) is 12.6. The molecule has 5 rings (SSSR count). The summed E-state index contributed by atoms with van der Waals surface area (Å²) in [5, 5.41) is 9.84. The third-order valence-corrected chi connectivity index (χ3v) is 7.79. The van der Waals surface area contributed by atoms with E-state index in [2.05, 4.69) is 16.0 Å². The van der Waals surface area contributed by atoms with E-state index in [1.54, 1.807) is 23.6 Å². The van der Waals surface area contributed by atoms with Gasteiger partial charge in [0, 0.05) is 22.2 Å². The van der Waals surface area contributed by atoms with Crippen LogP contribution in [-0.2, 0) is 30.4 Å². The van der Waals surface area contributed by atoms with Crippen LogP contribution in [-0.4, -0.2) is 73.2 Å². The lowest BCUT2D eigenvalue weighted by Gasteiger charge is -2.24. The zero-order valence-electron chi connectivity index (χ0n) is 23.0. The molecule has 1 spiro atoms. The van der Waals surface area contributed by atoms with Crippen LogP contribution < -0.4 is 26.4 Å². The van der Waals surface area contributed by atoms with Crippen LogP contribution in [0.25, 0.3) is 0 Å². The van der Waals surface area contributed by atoms with Crippen LogP contribution in [0.2, 0.25) is 0 Å². The molecule has 0 radical (unpaired) electrons. The Kier molecular flexibility index (Phi) is 9.31. The van der Waals surface area contributed by atoms with E-state index in [0.717, 1.165) is 4.88 Å².